The van der Waals surface area contributed by atoms with Crippen molar-refractivity contribution in [1.29, 1.82) is 0 Å². The highest BCUT2D eigenvalue weighted by Crippen LogP contribution is 2.49. The van der Waals surface area contributed by atoms with Crippen molar-refractivity contribution >= 4 is 133 Å². The minimum Gasteiger partial charge on any atom is -0.311 e. The summed E-state index contributed by atoms with van der Waals surface area (Å²) in [6, 6.07) is 88.7. The molecule has 0 spiro atoms. The lowest BCUT2D eigenvalue weighted by atomic mass is 9.33. The number of hydrogen-bond acceptors (Lipinski definition) is 2. The molecular formula is C66H39BN4. The van der Waals surface area contributed by atoms with Crippen molar-refractivity contribution in [3.05, 3.63) is 237 Å². The van der Waals surface area contributed by atoms with Crippen LogP contribution in [0.4, 0.5) is 34.1 Å². The fourth-order valence-corrected chi connectivity index (χ4v) is 13.2. The number of para-hydroxylation sites is 4. The van der Waals surface area contributed by atoms with E-state index in [9.17, 15) is 0 Å². The molecule has 0 bridgehead atoms. The molecule has 0 saturated carbocycles. The third-order valence-electron chi connectivity index (χ3n) is 16.1. The van der Waals surface area contributed by atoms with Crippen LogP contribution in [0.3, 0.4) is 0 Å². The average Bonchev–Trinajstić information content (AvgIpc) is 4.17. The van der Waals surface area contributed by atoms with Gasteiger partial charge in [-0.3, -0.25) is 0 Å². The summed E-state index contributed by atoms with van der Waals surface area (Å²) in [5, 5.41) is 10.3. The zero-order chi connectivity index (χ0) is 46.1. The van der Waals surface area contributed by atoms with Crippen LogP contribution in [0.1, 0.15) is 0 Å². The van der Waals surface area contributed by atoms with Gasteiger partial charge < -0.3 is 18.6 Å². The molecule has 2 aliphatic heterocycles. The van der Waals surface area contributed by atoms with Gasteiger partial charge in [0, 0.05) is 77.2 Å². The Morgan fingerprint density at radius 3 is 1.11 bits per heavy atom. The van der Waals surface area contributed by atoms with Gasteiger partial charge in [-0.25, -0.2) is 0 Å². The van der Waals surface area contributed by atoms with E-state index in [0.29, 0.717) is 0 Å². The second-order valence-electron chi connectivity index (χ2n) is 19.6. The van der Waals surface area contributed by atoms with E-state index >= 15 is 0 Å². The van der Waals surface area contributed by atoms with E-state index in [1.807, 2.05) is 0 Å². The van der Waals surface area contributed by atoms with Crippen molar-refractivity contribution in [2.75, 3.05) is 9.80 Å². The van der Waals surface area contributed by atoms with Crippen LogP contribution in [0.25, 0.3) is 98.4 Å². The third-order valence-corrected chi connectivity index (χ3v) is 16.1. The zero-order valence-corrected chi connectivity index (χ0v) is 38.4. The maximum absolute atomic E-state index is 2.57. The summed E-state index contributed by atoms with van der Waals surface area (Å²) in [5.74, 6) is 0. The van der Waals surface area contributed by atoms with Crippen molar-refractivity contribution < 1.29 is 0 Å². The SMILES string of the molecule is c1ccc(-c2cccc(N3c4cc5c(cc4B4c6cc7c8cccc9c%10ccccc%10n(c7cc6N(c6cccc(-c7ccccc7)c6)c6cccc3c64)c98)c3cccc4c6ccccc6n5c43)c2)cc1. The van der Waals surface area contributed by atoms with Gasteiger partial charge in [0.25, 0.3) is 6.71 Å². The molecule has 0 radical (unpaired) electrons. The number of hydrogen-bond donors (Lipinski definition) is 0. The van der Waals surface area contributed by atoms with Crippen LogP contribution < -0.4 is 26.2 Å². The highest BCUT2D eigenvalue weighted by molar-refractivity contribution is 7.00. The van der Waals surface area contributed by atoms with Gasteiger partial charge in [-0.1, -0.05) is 176 Å². The second kappa shape index (κ2) is 13.7. The van der Waals surface area contributed by atoms with Crippen LogP contribution in [0, 0.1) is 0 Å². The lowest BCUT2D eigenvalue weighted by Crippen LogP contribution is -2.61. The number of anilines is 6. The Labute approximate surface area is 408 Å². The topological polar surface area (TPSA) is 15.3 Å². The molecule has 15 aromatic rings. The Bertz CT molecular complexity index is 4430. The molecule has 0 atom stereocenters. The summed E-state index contributed by atoms with van der Waals surface area (Å²) in [7, 11) is 0. The first-order valence-electron chi connectivity index (χ1n) is 24.7. The highest BCUT2D eigenvalue weighted by atomic mass is 15.2. The normalized spacial score (nSPS) is 13.3. The smallest absolute Gasteiger partial charge is 0.252 e. The quantitative estimate of drug-likeness (QED) is 0.164. The Morgan fingerprint density at radius 2 is 0.634 bits per heavy atom. The first kappa shape index (κ1) is 37.6. The molecule has 0 unspecified atom stereocenters. The van der Waals surface area contributed by atoms with Crippen molar-refractivity contribution in [2.24, 2.45) is 0 Å². The summed E-state index contributed by atoms with van der Waals surface area (Å²) in [6.07, 6.45) is 0. The molecule has 71 heavy (non-hydrogen) atoms. The molecule has 11 aromatic carbocycles. The van der Waals surface area contributed by atoms with Gasteiger partial charge in [0.1, 0.15) is 0 Å². The van der Waals surface area contributed by atoms with E-state index in [2.05, 4.69) is 255 Å². The maximum atomic E-state index is 2.57. The van der Waals surface area contributed by atoms with E-state index in [1.165, 1.54) is 138 Å². The van der Waals surface area contributed by atoms with Gasteiger partial charge in [0.15, 0.2) is 0 Å². The van der Waals surface area contributed by atoms with Crippen molar-refractivity contribution in [3.63, 3.8) is 0 Å². The number of nitrogens with zero attached hydrogens (tertiary/aromatic N) is 4. The fraction of sp³-hybridized carbons (Fsp3) is 0. The largest absolute Gasteiger partial charge is 0.311 e. The van der Waals surface area contributed by atoms with E-state index in [-0.39, 0.29) is 6.71 Å². The summed E-state index contributed by atoms with van der Waals surface area (Å²) in [6.45, 7) is -0.0734. The molecule has 0 amide bonds. The van der Waals surface area contributed by atoms with Crippen LogP contribution in [0.2, 0.25) is 0 Å². The summed E-state index contributed by atoms with van der Waals surface area (Å²) < 4.78 is 5.06. The Morgan fingerprint density at radius 1 is 0.254 bits per heavy atom. The fourth-order valence-electron chi connectivity index (χ4n) is 13.2. The van der Waals surface area contributed by atoms with Crippen molar-refractivity contribution in [1.82, 2.24) is 8.80 Å². The molecule has 17 rings (SSSR count). The number of rotatable bonds is 4. The Balaban J connectivity index is 1.02. The summed E-state index contributed by atoms with van der Waals surface area (Å²) in [4.78, 5) is 5.14. The first-order valence-corrected chi connectivity index (χ1v) is 24.7. The maximum Gasteiger partial charge on any atom is 0.252 e. The molecule has 326 valence electrons. The van der Waals surface area contributed by atoms with Crippen LogP contribution >= 0.6 is 0 Å². The highest BCUT2D eigenvalue weighted by Gasteiger charge is 2.44. The monoisotopic (exact) mass is 898 g/mol. The molecule has 5 heteroatoms. The molecule has 0 N–H and O–H groups in total. The van der Waals surface area contributed by atoms with Gasteiger partial charge in [-0.15, -0.1) is 0 Å². The molecule has 0 fully saturated rings. The number of benzene rings is 11. The second-order valence-corrected chi connectivity index (χ2v) is 19.6. The number of aromatic nitrogens is 2. The molecule has 6 heterocycles. The summed E-state index contributed by atoms with van der Waals surface area (Å²) >= 11 is 0. The van der Waals surface area contributed by atoms with Gasteiger partial charge >= 0.3 is 0 Å². The Kier molecular flexibility index (Phi) is 7.26. The lowest BCUT2D eigenvalue weighted by molar-refractivity contribution is 1.25. The van der Waals surface area contributed by atoms with Crippen LogP contribution in [0.15, 0.2) is 237 Å². The predicted molar refractivity (Wildman–Crippen MR) is 301 cm³/mol. The van der Waals surface area contributed by atoms with Gasteiger partial charge in [0.05, 0.1) is 33.1 Å². The average molecular weight is 899 g/mol. The summed E-state index contributed by atoms with van der Waals surface area (Å²) in [5.41, 5.74) is 23.3. The first-order chi connectivity index (χ1) is 35.2. The Hall–Kier alpha value is -9.32. The molecule has 4 aromatic heterocycles. The third kappa shape index (κ3) is 4.89. The minimum absolute atomic E-state index is 0.0734. The zero-order valence-electron chi connectivity index (χ0n) is 38.4. The molecule has 2 aliphatic rings. The number of fused-ring (bicyclic) bond motifs is 16. The van der Waals surface area contributed by atoms with Crippen molar-refractivity contribution in [2.45, 2.75) is 0 Å². The molecular weight excluding hydrogens is 860 g/mol. The van der Waals surface area contributed by atoms with Crippen LogP contribution in [-0.2, 0) is 0 Å². The standard InChI is InChI=1S/C66H39BN4/c1-3-16-40(17-4-1)42-20-11-22-44(34-42)68-58-32-15-33-59-64(58)67(54-36-52-50-28-13-26-48-46-24-7-9-30-56(46)70(65(48)50)60(52)38-62(54)68)55-37-53-51-29-14-27-49-47-25-8-10-31-57(47)71(66(49)51)61(53)39-63(55)69(59)45-23-12-21-43(35-45)41-18-5-2-6-19-41/h1-39H. The molecule has 0 saturated heterocycles. The lowest BCUT2D eigenvalue weighted by Gasteiger charge is -2.44. The molecule has 0 aliphatic carbocycles. The van der Waals surface area contributed by atoms with Gasteiger partial charge in [-0.05, 0) is 99.3 Å². The predicted octanol–water partition coefficient (Wildman–Crippen LogP) is 15.4. The van der Waals surface area contributed by atoms with Crippen LogP contribution in [-0.4, -0.2) is 15.5 Å². The molecule has 4 nitrogen and oxygen atoms in total. The van der Waals surface area contributed by atoms with E-state index < -0.39 is 0 Å². The van der Waals surface area contributed by atoms with Gasteiger partial charge in [0.2, 0.25) is 0 Å². The van der Waals surface area contributed by atoms with Crippen molar-refractivity contribution in [3.8, 4) is 22.3 Å². The minimum atomic E-state index is -0.0734. The van der Waals surface area contributed by atoms with E-state index in [4.69, 9.17) is 0 Å². The van der Waals surface area contributed by atoms with E-state index in [1.54, 1.807) is 0 Å². The van der Waals surface area contributed by atoms with Crippen LogP contribution in [0.5, 0.6) is 0 Å². The van der Waals surface area contributed by atoms with E-state index in [0.717, 1.165) is 11.4 Å². The van der Waals surface area contributed by atoms with Gasteiger partial charge in [-0.2, -0.15) is 0 Å².